The van der Waals surface area contributed by atoms with Gasteiger partial charge in [0.15, 0.2) is 11.4 Å². The average Bonchev–Trinajstić information content (AvgIpc) is 3.24. The molecule has 0 amide bonds. The van der Waals surface area contributed by atoms with Crippen LogP contribution in [0.1, 0.15) is 13.2 Å². The summed E-state index contributed by atoms with van der Waals surface area (Å²) in [5, 5.41) is 11.9. The largest absolute Gasteiger partial charge is 0.477 e. The topological polar surface area (TPSA) is 102 Å². The molecule has 0 aliphatic carbocycles. The van der Waals surface area contributed by atoms with Crippen molar-refractivity contribution in [2.75, 3.05) is 31.6 Å². The average molecular weight is 364 g/mol. The zero-order valence-corrected chi connectivity index (χ0v) is 14.4. The van der Waals surface area contributed by atoms with Gasteiger partial charge in [0.05, 0.1) is 30.5 Å². The molecule has 1 aliphatic heterocycles. The van der Waals surface area contributed by atoms with Gasteiger partial charge in [-0.05, 0) is 13.0 Å². The fourth-order valence-electron chi connectivity index (χ4n) is 2.68. The molecule has 4 rings (SSSR count). The number of hydrogen-bond acceptors (Lipinski definition) is 7. The first-order valence-electron chi connectivity index (χ1n) is 8.06. The summed E-state index contributed by atoms with van der Waals surface area (Å²) in [6, 6.07) is 1.88. The molecule has 0 radical (unpaired) electrons. The van der Waals surface area contributed by atoms with Crippen molar-refractivity contribution in [3.05, 3.63) is 23.6 Å². The lowest BCUT2D eigenvalue weighted by Crippen LogP contribution is -2.36. The molecule has 0 spiro atoms. The van der Waals surface area contributed by atoms with Gasteiger partial charge in [-0.3, -0.25) is 0 Å². The maximum atomic E-state index is 6.44. The summed E-state index contributed by atoms with van der Waals surface area (Å²) in [4.78, 5) is 11.9. The third kappa shape index (κ3) is 3.13. The van der Waals surface area contributed by atoms with Gasteiger partial charge in [0.25, 0.3) is 0 Å². The Morgan fingerprint density at radius 3 is 3.20 bits per heavy atom. The Kier molecular flexibility index (Phi) is 4.43. The first-order valence-corrected chi connectivity index (χ1v) is 8.44. The summed E-state index contributed by atoms with van der Waals surface area (Å²) >= 11 is 6.44. The predicted octanol–water partition coefficient (Wildman–Crippen LogP) is 2.07. The fraction of sp³-hybridized carbons (Fsp3) is 0.400. The lowest BCUT2D eigenvalue weighted by atomic mass is 10.4. The predicted molar refractivity (Wildman–Crippen MR) is 93.4 cm³/mol. The molecule has 1 fully saturated rings. The SMILES string of the molecule is CCOc1nc(Nc2cnn(C3CNCCO3)c2Cl)nc2[nH]ccc12. The molecular weight excluding hydrogens is 346 g/mol. The van der Waals surface area contributed by atoms with Crippen LogP contribution in [0, 0.1) is 0 Å². The minimum Gasteiger partial charge on any atom is -0.477 e. The maximum absolute atomic E-state index is 6.44. The van der Waals surface area contributed by atoms with Gasteiger partial charge in [0.1, 0.15) is 5.65 Å². The Balaban J connectivity index is 1.62. The van der Waals surface area contributed by atoms with Gasteiger partial charge in [-0.25, -0.2) is 4.68 Å². The minimum absolute atomic E-state index is 0.234. The van der Waals surface area contributed by atoms with Crippen molar-refractivity contribution >= 4 is 34.3 Å². The highest BCUT2D eigenvalue weighted by atomic mass is 35.5. The lowest BCUT2D eigenvalue weighted by molar-refractivity contribution is -0.0269. The van der Waals surface area contributed by atoms with E-state index >= 15 is 0 Å². The highest BCUT2D eigenvalue weighted by molar-refractivity contribution is 6.32. The fourth-order valence-corrected chi connectivity index (χ4v) is 2.93. The molecule has 3 aromatic rings. The summed E-state index contributed by atoms with van der Waals surface area (Å²) in [5.74, 6) is 0.891. The summed E-state index contributed by atoms with van der Waals surface area (Å²) in [5.41, 5.74) is 1.29. The number of hydrogen-bond donors (Lipinski definition) is 3. The van der Waals surface area contributed by atoms with Crippen LogP contribution in [0.4, 0.5) is 11.6 Å². The number of aromatic amines is 1. The molecular formula is C15H18ClN7O2. The molecule has 9 nitrogen and oxygen atoms in total. The van der Waals surface area contributed by atoms with Crippen LogP contribution in [0.3, 0.4) is 0 Å². The molecule has 0 saturated carbocycles. The Morgan fingerprint density at radius 2 is 2.40 bits per heavy atom. The van der Waals surface area contributed by atoms with E-state index in [1.165, 1.54) is 0 Å². The van der Waals surface area contributed by atoms with Crippen LogP contribution in [0.25, 0.3) is 11.0 Å². The summed E-state index contributed by atoms with van der Waals surface area (Å²) in [7, 11) is 0. The van der Waals surface area contributed by atoms with Crippen molar-refractivity contribution in [2.45, 2.75) is 13.2 Å². The van der Waals surface area contributed by atoms with E-state index in [4.69, 9.17) is 21.1 Å². The number of ether oxygens (including phenoxy) is 2. The first-order chi connectivity index (χ1) is 12.3. The molecule has 25 heavy (non-hydrogen) atoms. The third-order valence-electron chi connectivity index (χ3n) is 3.82. The number of rotatable bonds is 5. The van der Waals surface area contributed by atoms with Crippen molar-refractivity contribution in [3.8, 4) is 5.88 Å². The zero-order valence-electron chi connectivity index (χ0n) is 13.6. The van der Waals surface area contributed by atoms with E-state index < -0.39 is 0 Å². The van der Waals surface area contributed by atoms with Crippen LogP contribution in [0.2, 0.25) is 5.15 Å². The molecule has 0 bridgehead atoms. The summed E-state index contributed by atoms with van der Waals surface area (Å²) in [6.45, 7) is 4.52. The monoisotopic (exact) mass is 363 g/mol. The molecule has 1 aliphatic rings. The van der Waals surface area contributed by atoms with Gasteiger partial charge in [-0.1, -0.05) is 11.6 Å². The van der Waals surface area contributed by atoms with Gasteiger partial charge in [-0.2, -0.15) is 15.1 Å². The second kappa shape index (κ2) is 6.87. The smallest absolute Gasteiger partial charge is 0.232 e. The number of halogens is 1. The maximum Gasteiger partial charge on any atom is 0.232 e. The number of morpholine rings is 1. The summed E-state index contributed by atoms with van der Waals surface area (Å²) in [6.07, 6.45) is 3.19. The van der Waals surface area contributed by atoms with Crippen LogP contribution in [-0.4, -0.2) is 51.0 Å². The van der Waals surface area contributed by atoms with Gasteiger partial charge in [0, 0.05) is 19.3 Å². The Bertz CT molecular complexity index is 872. The number of fused-ring (bicyclic) bond motifs is 1. The highest BCUT2D eigenvalue weighted by Gasteiger charge is 2.21. The van der Waals surface area contributed by atoms with E-state index in [1.807, 2.05) is 13.0 Å². The summed E-state index contributed by atoms with van der Waals surface area (Å²) < 4.78 is 12.9. The standard InChI is InChI=1S/C15H18ClN7O2/c1-2-24-14-9-3-4-18-13(9)21-15(22-14)20-10-7-19-23(12(10)16)11-8-17-5-6-25-11/h3-4,7,11,17H,2,5-6,8H2,1H3,(H2,18,20,21,22). The highest BCUT2D eigenvalue weighted by Crippen LogP contribution is 2.29. The first kappa shape index (κ1) is 16.1. The number of aromatic nitrogens is 5. The van der Waals surface area contributed by atoms with E-state index in [9.17, 15) is 0 Å². The van der Waals surface area contributed by atoms with Crippen LogP contribution in [0.15, 0.2) is 18.5 Å². The van der Waals surface area contributed by atoms with Crippen LogP contribution in [-0.2, 0) is 4.74 Å². The van der Waals surface area contributed by atoms with Crippen molar-refractivity contribution in [1.29, 1.82) is 0 Å². The van der Waals surface area contributed by atoms with Crippen LogP contribution in [0.5, 0.6) is 5.88 Å². The molecule has 0 aromatic carbocycles. The molecule has 10 heteroatoms. The van der Waals surface area contributed by atoms with Gasteiger partial charge < -0.3 is 25.1 Å². The lowest BCUT2D eigenvalue weighted by Gasteiger charge is -2.24. The Morgan fingerprint density at radius 1 is 1.48 bits per heavy atom. The van der Waals surface area contributed by atoms with Crippen molar-refractivity contribution in [2.24, 2.45) is 0 Å². The van der Waals surface area contributed by atoms with E-state index in [0.717, 1.165) is 11.9 Å². The number of anilines is 2. The number of nitrogens with zero attached hydrogens (tertiary/aromatic N) is 4. The number of H-pyrrole nitrogens is 1. The van der Waals surface area contributed by atoms with Crippen LogP contribution < -0.4 is 15.4 Å². The van der Waals surface area contributed by atoms with E-state index in [2.05, 4.69) is 30.7 Å². The second-order valence-electron chi connectivity index (χ2n) is 5.47. The normalized spacial score (nSPS) is 17.8. The van der Waals surface area contributed by atoms with Gasteiger partial charge in [0.2, 0.25) is 11.8 Å². The third-order valence-corrected chi connectivity index (χ3v) is 4.20. The van der Waals surface area contributed by atoms with E-state index in [-0.39, 0.29) is 6.23 Å². The van der Waals surface area contributed by atoms with Crippen molar-refractivity contribution in [1.82, 2.24) is 30.0 Å². The minimum atomic E-state index is -0.234. The van der Waals surface area contributed by atoms with Crippen molar-refractivity contribution in [3.63, 3.8) is 0 Å². The zero-order chi connectivity index (χ0) is 17.2. The Labute approximate surface area is 148 Å². The second-order valence-corrected chi connectivity index (χ2v) is 5.83. The molecule has 1 atom stereocenters. The van der Waals surface area contributed by atoms with Crippen molar-refractivity contribution < 1.29 is 9.47 Å². The van der Waals surface area contributed by atoms with Gasteiger partial charge in [-0.15, -0.1) is 0 Å². The number of nitrogens with one attached hydrogen (secondary N) is 3. The molecule has 132 valence electrons. The molecule has 1 unspecified atom stereocenters. The molecule has 3 N–H and O–H groups in total. The van der Waals surface area contributed by atoms with Gasteiger partial charge >= 0.3 is 0 Å². The van der Waals surface area contributed by atoms with E-state index in [0.29, 0.717) is 48.1 Å². The quantitative estimate of drug-likeness (QED) is 0.637. The Hall–Kier alpha value is -2.36. The molecule has 4 heterocycles. The van der Waals surface area contributed by atoms with Crippen LogP contribution >= 0.6 is 11.6 Å². The molecule has 3 aromatic heterocycles. The van der Waals surface area contributed by atoms with E-state index in [1.54, 1.807) is 17.1 Å². The molecule has 1 saturated heterocycles.